The zero-order valence-corrected chi connectivity index (χ0v) is 20.5. The quantitative estimate of drug-likeness (QED) is 0.506. The first-order valence-electron chi connectivity index (χ1n) is 11.5. The Hall–Kier alpha value is -3.24. The van der Waals surface area contributed by atoms with E-state index in [1.165, 1.54) is 36.0 Å². The number of carbonyl (C=O) groups is 2. The van der Waals surface area contributed by atoms with E-state index in [0.717, 1.165) is 5.56 Å². The molecule has 1 aliphatic rings. The molecule has 0 spiro atoms. The summed E-state index contributed by atoms with van der Waals surface area (Å²) in [5, 5.41) is 6.47. The molecule has 35 heavy (non-hydrogen) atoms. The fourth-order valence-electron chi connectivity index (χ4n) is 3.85. The zero-order valence-electron chi connectivity index (χ0n) is 19.7. The highest BCUT2D eigenvalue weighted by Crippen LogP contribution is 2.24. The third-order valence-corrected chi connectivity index (χ3v) is 7.08. The maximum absolute atomic E-state index is 13.0. The minimum absolute atomic E-state index is 0.0149. The number of aromatic nitrogens is 2. The van der Waals surface area contributed by atoms with Gasteiger partial charge in [-0.15, -0.1) is 11.8 Å². The van der Waals surface area contributed by atoms with Gasteiger partial charge in [0.2, 0.25) is 23.5 Å². The summed E-state index contributed by atoms with van der Waals surface area (Å²) in [5.74, 6) is 0.688. The normalized spacial score (nSPS) is 16.0. The summed E-state index contributed by atoms with van der Waals surface area (Å²) in [7, 11) is 0. The lowest BCUT2D eigenvalue weighted by molar-refractivity contribution is -0.132. The number of carbonyl (C=O) groups excluding carboxylic acids is 2. The van der Waals surface area contributed by atoms with Crippen molar-refractivity contribution in [2.45, 2.75) is 25.1 Å². The first kappa shape index (κ1) is 24.9. The molecule has 8 nitrogen and oxygen atoms in total. The molecular weight excluding hydrogens is 469 g/mol. The Bertz CT molecular complexity index is 1130. The number of anilines is 1. The van der Waals surface area contributed by atoms with Gasteiger partial charge in [-0.05, 0) is 38.1 Å². The molecule has 0 aliphatic carbocycles. The summed E-state index contributed by atoms with van der Waals surface area (Å²) >= 11 is 1.29. The number of nitrogens with zero attached hydrogens (tertiary/aromatic N) is 4. The molecule has 1 aromatic heterocycles. The predicted molar refractivity (Wildman–Crippen MR) is 133 cm³/mol. The summed E-state index contributed by atoms with van der Waals surface area (Å²) in [5.41, 5.74) is 1.43. The van der Waals surface area contributed by atoms with Gasteiger partial charge >= 0.3 is 0 Å². The van der Waals surface area contributed by atoms with E-state index in [2.05, 4.69) is 20.4 Å². The molecule has 1 fully saturated rings. The van der Waals surface area contributed by atoms with Crippen molar-refractivity contribution < 1.29 is 18.5 Å². The van der Waals surface area contributed by atoms with Gasteiger partial charge in [-0.25, -0.2) is 4.39 Å². The lowest BCUT2D eigenvalue weighted by Crippen LogP contribution is -2.51. The van der Waals surface area contributed by atoms with E-state index in [9.17, 15) is 14.0 Å². The van der Waals surface area contributed by atoms with E-state index in [0.29, 0.717) is 43.6 Å². The number of benzene rings is 2. The van der Waals surface area contributed by atoms with Crippen LogP contribution < -0.4 is 5.32 Å². The van der Waals surface area contributed by atoms with E-state index in [4.69, 9.17) is 4.52 Å². The van der Waals surface area contributed by atoms with Gasteiger partial charge in [-0.1, -0.05) is 35.5 Å². The van der Waals surface area contributed by atoms with Crippen LogP contribution in [0.3, 0.4) is 0 Å². The van der Waals surface area contributed by atoms with Crippen LogP contribution in [0.1, 0.15) is 25.8 Å². The van der Waals surface area contributed by atoms with Crippen LogP contribution in [-0.2, 0) is 9.59 Å². The van der Waals surface area contributed by atoms with Gasteiger partial charge in [0, 0.05) is 37.4 Å². The van der Waals surface area contributed by atoms with Crippen LogP contribution >= 0.6 is 11.8 Å². The lowest BCUT2D eigenvalue weighted by Gasteiger charge is -2.37. The van der Waals surface area contributed by atoms with Crippen LogP contribution in [0.25, 0.3) is 11.4 Å². The Labute approximate surface area is 207 Å². The Balaban J connectivity index is 1.22. The summed E-state index contributed by atoms with van der Waals surface area (Å²) in [6.07, 6.45) is 0. The van der Waals surface area contributed by atoms with Gasteiger partial charge < -0.3 is 14.7 Å². The number of thioether (sulfide) groups is 1. The van der Waals surface area contributed by atoms with Crippen LogP contribution in [0, 0.1) is 5.82 Å². The van der Waals surface area contributed by atoms with Gasteiger partial charge in [0.1, 0.15) is 5.82 Å². The minimum atomic E-state index is -0.361. The molecule has 2 amide bonds. The molecule has 10 heteroatoms. The second-order valence-electron chi connectivity index (χ2n) is 8.37. The molecule has 0 saturated carbocycles. The van der Waals surface area contributed by atoms with Gasteiger partial charge in [0.15, 0.2) is 0 Å². The van der Waals surface area contributed by atoms with Gasteiger partial charge in [0.25, 0.3) is 0 Å². The second-order valence-corrected chi connectivity index (χ2v) is 9.70. The fraction of sp³-hybridized carbons (Fsp3) is 0.360. The first-order valence-corrected chi connectivity index (χ1v) is 12.5. The van der Waals surface area contributed by atoms with Crippen molar-refractivity contribution in [3.8, 4) is 11.4 Å². The van der Waals surface area contributed by atoms with E-state index in [-0.39, 0.29) is 34.7 Å². The SMILES string of the molecule is CC(SCC(=O)Nc1ccc(F)cc1)C(=O)N1CCN(C(C)c2nc(-c3ccccc3)no2)CC1. The highest BCUT2D eigenvalue weighted by molar-refractivity contribution is 8.01. The number of halogens is 1. The Morgan fingerprint density at radius 1 is 1.06 bits per heavy atom. The molecule has 3 aromatic rings. The molecular formula is C25H28FN5O3S. The van der Waals surface area contributed by atoms with Gasteiger partial charge in [-0.2, -0.15) is 4.98 Å². The molecule has 2 heterocycles. The second kappa shape index (κ2) is 11.5. The summed E-state index contributed by atoms with van der Waals surface area (Å²) in [6.45, 7) is 6.41. The molecule has 0 bridgehead atoms. The van der Waals surface area contributed by atoms with Crippen molar-refractivity contribution in [2.75, 3.05) is 37.2 Å². The molecule has 2 aromatic carbocycles. The predicted octanol–water partition coefficient (Wildman–Crippen LogP) is 3.84. The van der Waals surface area contributed by atoms with Crippen LogP contribution in [0.15, 0.2) is 59.1 Å². The van der Waals surface area contributed by atoms with Crippen molar-refractivity contribution in [1.82, 2.24) is 19.9 Å². The van der Waals surface area contributed by atoms with E-state index in [1.54, 1.807) is 0 Å². The molecule has 4 rings (SSSR count). The number of amides is 2. The van der Waals surface area contributed by atoms with Gasteiger partial charge in [0.05, 0.1) is 17.0 Å². The van der Waals surface area contributed by atoms with E-state index in [1.807, 2.05) is 49.1 Å². The van der Waals surface area contributed by atoms with Crippen LogP contribution in [0.5, 0.6) is 0 Å². The third-order valence-electron chi connectivity index (χ3n) is 5.94. The van der Waals surface area contributed by atoms with Crippen molar-refractivity contribution in [1.29, 1.82) is 0 Å². The Morgan fingerprint density at radius 2 is 1.74 bits per heavy atom. The van der Waals surface area contributed by atoms with Crippen LogP contribution in [-0.4, -0.2) is 68.9 Å². The molecule has 1 saturated heterocycles. The topological polar surface area (TPSA) is 91.6 Å². The maximum Gasteiger partial charge on any atom is 0.244 e. The third kappa shape index (κ3) is 6.46. The van der Waals surface area contributed by atoms with Crippen molar-refractivity contribution >= 4 is 29.3 Å². The van der Waals surface area contributed by atoms with Crippen molar-refractivity contribution in [2.24, 2.45) is 0 Å². The number of rotatable bonds is 8. The first-order chi connectivity index (χ1) is 16.9. The highest BCUT2D eigenvalue weighted by Gasteiger charge is 2.29. The standard InChI is InChI=1S/C25H28FN5O3S/c1-17(24-28-23(29-34-24)19-6-4-3-5-7-19)30-12-14-31(15-13-30)25(33)18(2)35-16-22(32)27-21-10-8-20(26)9-11-21/h3-11,17-18H,12-16H2,1-2H3,(H,27,32). The van der Waals surface area contributed by atoms with Gasteiger partial charge in [-0.3, -0.25) is 14.5 Å². The number of hydrogen-bond acceptors (Lipinski definition) is 7. The smallest absolute Gasteiger partial charge is 0.244 e. The monoisotopic (exact) mass is 497 g/mol. The number of nitrogens with one attached hydrogen (secondary N) is 1. The largest absolute Gasteiger partial charge is 0.339 e. The lowest BCUT2D eigenvalue weighted by atomic mass is 10.2. The average Bonchev–Trinajstić information content (AvgIpc) is 3.39. The zero-order chi connectivity index (χ0) is 24.8. The highest BCUT2D eigenvalue weighted by atomic mass is 32.2. The fourth-order valence-corrected chi connectivity index (χ4v) is 4.62. The van der Waals surface area contributed by atoms with Crippen LogP contribution in [0.4, 0.5) is 10.1 Å². The van der Waals surface area contributed by atoms with Crippen molar-refractivity contribution in [3.63, 3.8) is 0 Å². The molecule has 1 N–H and O–H groups in total. The van der Waals surface area contributed by atoms with E-state index >= 15 is 0 Å². The van der Waals surface area contributed by atoms with Crippen LogP contribution in [0.2, 0.25) is 0 Å². The average molecular weight is 498 g/mol. The van der Waals surface area contributed by atoms with E-state index < -0.39 is 0 Å². The molecule has 184 valence electrons. The number of hydrogen-bond donors (Lipinski definition) is 1. The maximum atomic E-state index is 13.0. The summed E-state index contributed by atoms with van der Waals surface area (Å²) in [6, 6.07) is 15.2. The molecule has 2 atom stereocenters. The molecule has 0 radical (unpaired) electrons. The Morgan fingerprint density at radius 3 is 2.43 bits per heavy atom. The Kier molecular flexibility index (Phi) is 8.14. The summed E-state index contributed by atoms with van der Waals surface area (Å²) in [4.78, 5) is 33.7. The summed E-state index contributed by atoms with van der Waals surface area (Å²) < 4.78 is 18.5. The minimum Gasteiger partial charge on any atom is -0.339 e. The molecule has 2 unspecified atom stereocenters. The number of piperazine rings is 1. The molecule has 1 aliphatic heterocycles. The van der Waals surface area contributed by atoms with Crippen molar-refractivity contribution in [3.05, 3.63) is 66.3 Å².